The highest BCUT2D eigenvalue weighted by molar-refractivity contribution is 4.92. The van der Waals surface area contributed by atoms with Crippen LogP contribution in [0.4, 0.5) is 0 Å². The maximum absolute atomic E-state index is 9.63. The topological polar surface area (TPSA) is 38.7 Å². The Morgan fingerprint density at radius 1 is 1.24 bits per heavy atom. The number of rotatable bonds is 9. The lowest BCUT2D eigenvalue weighted by molar-refractivity contribution is 0.148. The molecule has 1 saturated carbocycles. The second-order valence-corrected chi connectivity index (χ2v) is 7.75. The van der Waals surface area contributed by atoms with Gasteiger partial charge in [0.2, 0.25) is 0 Å². The summed E-state index contributed by atoms with van der Waals surface area (Å²) in [4.78, 5) is 4.93. The molecule has 1 atom stereocenters. The molecule has 1 aliphatic heterocycles. The van der Waals surface area contributed by atoms with Crippen LogP contribution < -0.4 is 5.32 Å². The molecule has 0 aromatic heterocycles. The predicted octanol–water partition coefficient (Wildman–Crippen LogP) is 1.54. The van der Waals surface area contributed by atoms with Crippen LogP contribution in [-0.4, -0.2) is 73.4 Å². The van der Waals surface area contributed by atoms with Gasteiger partial charge in [0.05, 0.1) is 6.61 Å². The van der Waals surface area contributed by atoms with Crippen LogP contribution in [-0.2, 0) is 0 Å². The third-order valence-electron chi connectivity index (χ3n) is 5.16. The van der Waals surface area contributed by atoms with E-state index in [1.165, 1.54) is 51.7 Å². The number of piperidine rings is 1. The first-order valence-corrected chi connectivity index (χ1v) is 8.76. The second-order valence-electron chi connectivity index (χ2n) is 7.75. The highest BCUT2D eigenvalue weighted by Crippen LogP contribution is 2.24. The summed E-state index contributed by atoms with van der Waals surface area (Å²) >= 11 is 0. The van der Waals surface area contributed by atoms with Gasteiger partial charge in [-0.05, 0) is 85.1 Å². The number of nitrogens with one attached hydrogen (secondary N) is 1. The van der Waals surface area contributed by atoms with Crippen molar-refractivity contribution < 1.29 is 5.11 Å². The molecule has 1 unspecified atom stereocenters. The van der Waals surface area contributed by atoms with Crippen LogP contribution in [0.5, 0.6) is 0 Å². The van der Waals surface area contributed by atoms with Gasteiger partial charge in [-0.2, -0.15) is 0 Å². The Labute approximate surface area is 130 Å². The zero-order valence-corrected chi connectivity index (χ0v) is 14.3. The lowest BCUT2D eigenvalue weighted by atomic mass is 9.95. The van der Waals surface area contributed by atoms with Crippen molar-refractivity contribution in [1.82, 2.24) is 15.1 Å². The summed E-state index contributed by atoms with van der Waals surface area (Å²) in [6.07, 6.45) is 7.49. The fraction of sp³-hybridized carbons (Fsp3) is 1.00. The minimum atomic E-state index is -0.0739. The van der Waals surface area contributed by atoms with Crippen molar-refractivity contribution in [2.45, 2.75) is 57.0 Å². The van der Waals surface area contributed by atoms with Crippen LogP contribution in [0.25, 0.3) is 0 Å². The number of hydrogen-bond donors (Lipinski definition) is 2. The summed E-state index contributed by atoms with van der Waals surface area (Å²) < 4.78 is 0. The Morgan fingerprint density at radius 3 is 2.48 bits per heavy atom. The Bertz CT molecular complexity index is 300. The van der Waals surface area contributed by atoms with Crippen LogP contribution in [0.3, 0.4) is 0 Å². The van der Waals surface area contributed by atoms with E-state index in [1.54, 1.807) is 0 Å². The zero-order chi connectivity index (χ0) is 15.3. The van der Waals surface area contributed by atoms with E-state index in [1.807, 2.05) is 0 Å². The molecule has 2 aliphatic rings. The molecule has 4 nitrogen and oxygen atoms in total. The molecule has 0 spiro atoms. The summed E-state index contributed by atoms with van der Waals surface area (Å²) in [5.41, 5.74) is -0.0739. The van der Waals surface area contributed by atoms with E-state index >= 15 is 0 Å². The highest BCUT2D eigenvalue weighted by atomic mass is 16.3. The van der Waals surface area contributed by atoms with Gasteiger partial charge < -0.3 is 20.2 Å². The maximum Gasteiger partial charge on any atom is 0.0610 e. The van der Waals surface area contributed by atoms with Crippen LogP contribution in [0.15, 0.2) is 0 Å². The molecule has 0 bridgehead atoms. The number of hydrogen-bond acceptors (Lipinski definition) is 4. The second kappa shape index (κ2) is 7.91. The van der Waals surface area contributed by atoms with E-state index in [0.29, 0.717) is 6.04 Å². The van der Waals surface area contributed by atoms with Gasteiger partial charge in [0.15, 0.2) is 0 Å². The van der Waals surface area contributed by atoms with Gasteiger partial charge in [-0.15, -0.1) is 0 Å². The Kier molecular flexibility index (Phi) is 6.48. The summed E-state index contributed by atoms with van der Waals surface area (Å²) in [7, 11) is 4.48. The van der Waals surface area contributed by atoms with Gasteiger partial charge in [-0.3, -0.25) is 0 Å². The smallest absolute Gasteiger partial charge is 0.0610 e. The molecule has 2 N–H and O–H groups in total. The minimum absolute atomic E-state index is 0.0739. The molecule has 21 heavy (non-hydrogen) atoms. The van der Waals surface area contributed by atoms with Crippen molar-refractivity contribution in [3.63, 3.8) is 0 Å². The number of aliphatic hydroxyl groups is 1. The van der Waals surface area contributed by atoms with Gasteiger partial charge in [-0.25, -0.2) is 0 Å². The first-order chi connectivity index (χ1) is 10.0. The molecule has 1 saturated heterocycles. The van der Waals surface area contributed by atoms with Crippen LogP contribution in [0, 0.1) is 5.92 Å². The average Bonchev–Trinajstić information content (AvgIpc) is 3.25. The van der Waals surface area contributed by atoms with E-state index in [0.717, 1.165) is 18.9 Å². The Balaban J connectivity index is 1.60. The van der Waals surface area contributed by atoms with E-state index in [9.17, 15) is 5.11 Å². The lowest BCUT2D eigenvalue weighted by Gasteiger charge is -2.33. The van der Waals surface area contributed by atoms with E-state index in [4.69, 9.17) is 0 Å². The molecule has 0 amide bonds. The van der Waals surface area contributed by atoms with Crippen molar-refractivity contribution in [1.29, 1.82) is 0 Å². The molecule has 0 aromatic carbocycles. The van der Waals surface area contributed by atoms with E-state index in [2.05, 4.69) is 36.1 Å². The Morgan fingerprint density at radius 2 is 1.90 bits per heavy atom. The van der Waals surface area contributed by atoms with Gasteiger partial charge in [0.25, 0.3) is 0 Å². The van der Waals surface area contributed by atoms with Crippen molar-refractivity contribution in [2.75, 3.05) is 46.9 Å². The highest BCUT2D eigenvalue weighted by Gasteiger charge is 2.31. The molecular weight excluding hydrogens is 262 g/mol. The average molecular weight is 297 g/mol. The molecule has 1 heterocycles. The third-order valence-corrected chi connectivity index (χ3v) is 5.16. The molecule has 1 aliphatic carbocycles. The fourth-order valence-corrected chi connectivity index (χ4v) is 3.43. The molecule has 4 heteroatoms. The quantitative estimate of drug-likeness (QED) is 0.677. The standard InChI is InChI=1S/C17H35N3O/c1-17(14-21,18-16-5-6-16)9-4-10-20(3)13-15-7-11-19(2)12-8-15/h15-16,18,21H,4-14H2,1-3H3. The molecular formula is C17H35N3O. The largest absolute Gasteiger partial charge is 0.394 e. The minimum Gasteiger partial charge on any atom is -0.394 e. The summed E-state index contributed by atoms with van der Waals surface area (Å²) in [6, 6.07) is 0.666. The molecule has 0 aromatic rings. The van der Waals surface area contributed by atoms with Crippen molar-refractivity contribution in [3.05, 3.63) is 0 Å². The van der Waals surface area contributed by atoms with Crippen LogP contribution in [0.1, 0.15) is 45.4 Å². The number of nitrogens with zero attached hydrogens (tertiary/aromatic N) is 2. The fourth-order valence-electron chi connectivity index (χ4n) is 3.43. The molecule has 2 fully saturated rings. The van der Waals surface area contributed by atoms with Crippen LogP contribution in [0.2, 0.25) is 0 Å². The lowest BCUT2D eigenvalue weighted by Crippen LogP contribution is -2.47. The normalized spacial score (nSPS) is 24.4. The summed E-state index contributed by atoms with van der Waals surface area (Å²) in [6.45, 7) is 7.32. The third kappa shape index (κ3) is 6.23. The SMILES string of the molecule is CN1CCC(CN(C)CCCC(C)(CO)NC2CC2)CC1. The monoisotopic (exact) mass is 297 g/mol. The van der Waals surface area contributed by atoms with E-state index in [-0.39, 0.29) is 12.1 Å². The number of likely N-dealkylation sites (tertiary alicyclic amines) is 1. The Hall–Kier alpha value is -0.160. The molecule has 2 rings (SSSR count). The summed E-state index contributed by atoms with van der Waals surface area (Å²) in [5.74, 6) is 0.875. The van der Waals surface area contributed by atoms with Gasteiger partial charge >= 0.3 is 0 Å². The van der Waals surface area contributed by atoms with Crippen LogP contribution >= 0.6 is 0 Å². The van der Waals surface area contributed by atoms with E-state index < -0.39 is 0 Å². The maximum atomic E-state index is 9.63. The molecule has 0 radical (unpaired) electrons. The van der Waals surface area contributed by atoms with Gasteiger partial charge in [0.1, 0.15) is 0 Å². The summed E-state index contributed by atoms with van der Waals surface area (Å²) in [5, 5.41) is 13.2. The predicted molar refractivity (Wildman–Crippen MR) is 88.6 cm³/mol. The zero-order valence-electron chi connectivity index (χ0n) is 14.3. The van der Waals surface area contributed by atoms with Crippen molar-refractivity contribution in [3.8, 4) is 0 Å². The first-order valence-electron chi connectivity index (χ1n) is 8.76. The van der Waals surface area contributed by atoms with Gasteiger partial charge in [-0.1, -0.05) is 0 Å². The van der Waals surface area contributed by atoms with Gasteiger partial charge in [0, 0.05) is 18.1 Å². The molecule has 124 valence electrons. The van der Waals surface area contributed by atoms with Crippen molar-refractivity contribution >= 4 is 0 Å². The number of aliphatic hydroxyl groups excluding tert-OH is 1. The first kappa shape index (κ1) is 17.2. The van der Waals surface area contributed by atoms with Crippen molar-refractivity contribution in [2.24, 2.45) is 5.92 Å².